The Morgan fingerprint density at radius 2 is 1.65 bits per heavy atom. The summed E-state index contributed by atoms with van der Waals surface area (Å²) in [5.74, 6) is -2.70. The van der Waals surface area contributed by atoms with Gasteiger partial charge in [-0.2, -0.15) is 13.2 Å². The number of hydrogen-bond acceptors (Lipinski definition) is 8. The Bertz CT molecular complexity index is 1400. The first-order valence-electron chi connectivity index (χ1n) is 19.1. The largest absolute Gasteiger partial charge is 0.409 e. The minimum Gasteiger partial charge on any atom is -0.381 e. The Kier molecular flexibility index (Phi) is 12.9. The van der Waals surface area contributed by atoms with Gasteiger partial charge < -0.3 is 26.0 Å². The third-order valence-corrected chi connectivity index (χ3v) is 11.3. The average Bonchev–Trinajstić information content (AvgIpc) is 3.66. The predicted molar refractivity (Wildman–Crippen MR) is 186 cm³/mol. The van der Waals surface area contributed by atoms with Gasteiger partial charge in [0, 0.05) is 25.0 Å². The maximum absolute atomic E-state index is 14.7. The molecule has 52 heavy (non-hydrogen) atoms. The minimum absolute atomic E-state index is 0.0335. The van der Waals surface area contributed by atoms with Crippen molar-refractivity contribution < 1.29 is 37.5 Å². The smallest absolute Gasteiger partial charge is 0.381 e. The number of aromatic nitrogens is 2. The summed E-state index contributed by atoms with van der Waals surface area (Å²) >= 11 is 0. The van der Waals surface area contributed by atoms with Crippen LogP contribution < -0.4 is 21.3 Å². The van der Waals surface area contributed by atoms with Gasteiger partial charge in [-0.15, -0.1) is 0 Å². The minimum atomic E-state index is -4.78. The van der Waals surface area contributed by atoms with Crippen molar-refractivity contribution in [1.82, 2.24) is 36.1 Å². The van der Waals surface area contributed by atoms with Gasteiger partial charge in [-0.05, 0) is 68.1 Å². The number of aliphatic hydroxyl groups is 1. The average molecular weight is 736 g/mol. The molecular formula is C37H56F3N7O5. The fourth-order valence-electron chi connectivity index (χ4n) is 8.38. The number of likely N-dealkylation sites (tertiary alicyclic amines) is 1. The highest BCUT2D eigenvalue weighted by atomic mass is 19.4. The zero-order valence-electron chi connectivity index (χ0n) is 30.8. The number of aliphatic hydroxyl groups excluding tert-OH is 1. The zero-order valence-corrected chi connectivity index (χ0v) is 30.8. The summed E-state index contributed by atoms with van der Waals surface area (Å²) < 4.78 is 43.5. The number of halogens is 3. The van der Waals surface area contributed by atoms with Gasteiger partial charge in [0.05, 0.1) is 24.0 Å². The number of hydrogen-bond donors (Lipinski definition) is 5. The van der Waals surface area contributed by atoms with Crippen molar-refractivity contribution in [3.8, 4) is 0 Å². The van der Waals surface area contributed by atoms with E-state index in [-0.39, 0.29) is 23.6 Å². The summed E-state index contributed by atoms with van der Waals surface area (Å²) in [5.41, 5.74) is -1.24. The number of alkyl halides is 3. The van der Waals surface area contributed by atoms with Crippen LogP contribution in [0, 0.1) is 23.2 Å². The number of nitrogens with one attached hydrogen (secondary N) is 4. The fourth-order valence-corrected chi connectivity index (χ4v) is 8.38. The van der Waals surface area contributed by atoms with E-state index in [0.717, 1.165) is 57.6 Å². The van der Waals surface area contributed by atoms with Gasteiger partial charge >= 0.3 is 6.18 Å². The first-order valence-corrected chi connectivity index (χ1v) is 19.1. The van der Waals surface area contributed by atoms with E-state index in [2.05, 4.69) is 31.2 Å². The van der Waals surface area contributed by atoms with Crippen molar-refractivity contribution in [3.63, 3.8) is 0 Å². The lowest BCUT2D eigenvalue weighted by atomic mass is 9.81. The first-order chi connectivity index (χ1) is 24.6. The van der Waals surface area contributed by atoms with Gasteiger partial charge in [0.1, 0.15) is 18.1 Å². The van der Waals surface area contributed by atoms with Crippen molar-refractivity contribution in [2.24, 2.45) is 23.2 Å². The third-order valence-electron chi connectivity index (χ3n) is 11.3. The predicted octanol–water partition coefficient (Wildman–Crippen LogP) is 3.70. The molecule has 1 aromatic heterocycles. The van der Waals surface area contributed by atoms with Gasteiger partial charge in [-0.3, -0.25) is 34.5 Å². The zero-order chi connectivity index (χ0) is 37.8. The van der Waals surface area contributed by atoms with Crippen LogP contribution in [0.15, 0.2) is 18.6 Å². The van der Waals surface area contributed by atoms with Crippen LogP contribution in [0.25, 0.3) is 0 Å². The van der Waals surface area contributed by atoms with Gasteiger partial charge in [-0.1, -0.05) is 59.8 Å². The second-order valence-corrected chi connectivity index (χ2v) is 16.4. The topological polar surface area (TPSA) is 166 Å². The van der Waals surface area contributed by atoms with E-state index in [1.165, 1.54) is 17.3 Å². The molecule has 4 aliphatic rings. The van der Waals surface area contributed by atoms with Gasteiger partial charge in [0.2, 0.25) is 17.7 Å². The Morgan fingerprint density at radius 1 is 0.942 bits per heavy atom. The van der Waals surface area contributed by atoms with Crippen molar-refractivity contribution >= 4 is 23.6 Å². The Balaban J connectivity index is 1.39. The molecular weight excluding hydrogens is 679 g/mol. The molecule has 5 N–H and O–H groups in total. The van der Waals surface area contributed by atoms with E-state index in [0.29, 0.717) is 32.2 Å². The number of carbonyl (C=O) groups is 4. The summed E-state index contributed by atoms with van der Waals surface area (Å²) in [6.45, 7) is 7.50. The molecule has 0 radical (unpaired) electrons. The van der Waals surface area contributed by atoms with E-state index in [9.17, 15) is 37.5 Å². The van der Waals surface area contributed by atoms with E-state index in [1.54, 1.807) is 20.8 Å². The maximum Gasteiger partial charge on any atom is 0.409 e. The Morgan fingerprint density at radius 3 is 2.25 bits per heavy atom. The molecule has 5 rings (SSSR count). The van der Waals surface area contributed by atoms with Gasteiger partial charge in [-0.25, -0.2) is 0 Å². The van der Waals surface area contributed by atoms with Crippen LogP contribution in [0.2, 0.25) is 0 Å². The molecule has 290 valence electrons. The number of rotatable bonds is 14. The molecule has 3 saturated carbocycles. The summed E-state index contributed by atoms with van der Waals surface area (Å²) in [4.78, 5) is 65.0. The van der Waals surface area contributed by atoms with Crippen molar-refractivity contribution in [2.75, 3.05) is 6.54 Å². The summed E-state index contributed by atoms with van der Waals surface area (Å²) in [6.07, 6.45) is 5.87. The standard InChI is InChI=1S/C37H56F3N7O5/c1-5-10-25(29(48)34(51)43-23-15-16-23)44-33(50)28-24-14-9-13-22(24)20-47(28)35(52)31(36(2,3)4)46-32(49)27(21-11-7-6-8-12-21)45-30(37(38,39)40)26-19-41-17-18-42-26/h17-19,21-25,27-31,45,48H,5-16,20H2,1-4H3,(H,43,51)(H,44,50)(H,46,49)/t22-,24-,25-,27?,28-,29?,30-,31?/m0/s1. The first kappa shape index (κ1) is 39.9. The highest BCUT2D eigenvalue weighted by Gasteiger charge is 2.53. The van der Waals surface area contributed by atoms with Gasteiger partial charge in [0.25, 0.3) is 5.91 Å². The molecule has 15 heteroatoms. The molecule has 3 unspecified atom stereocenters. The molecule has 12 nitrogen and oxygen atoms in total. The van der Waals surface area contributed by atoms with Crippen LogP contribution in [-0.2, 0) is 19.2 Å². The van der Waals surface area contributed by atoms with Gasteiger partial charge in [0.15, 0.2) is 6.10 Å². The normalized spacial score (nSPS) is 25.4. The third kappa shape index (κ3) is 9.61. The highest BCUT2D eigenvalue weighted by Crippen LogP contribution is 2.43. The summed E-state index contributed by atoms with van der Waals surface area (Å²) in [6, 6.07) is -6.41. The second-order valence-electron chi connectivity index (χ2n) is 16.4. The number of nitrogens with zero attached hydrogens (tertiary/aromatic N) is 3. The Hall–Kier alpha value is -3.33. The highest BCUT2D eigenvalue weighted by molar-refractivity contribution is 5.94. The second kappa shape index (κ2) is 16.8. The molecule has 3 aliphatic carbocycles. The Labute approximate surface area is 304 Å². The molecule has 0 spiro atoms. The molecule has 8 atom stereocenters. The molecule has 1 aliphatic heterocycles. The lowest BCUT2D eigenvalue weighted by Gasteiger charge is -2.39. The van der Waals surface area contributed by atoms with Crippen molar-refractivity contribution in [2.45, 2.75) is 153 Å². The molecule has 2 heterocycles. The lowest BCUT2D eigenvalue weighted by molar-refractivity contribution is -0.163. The maximum atomic E-state index is 14.7. The molecule has 1 saturated heterocycles. The van der Waals surface area contributed by atoms with E-state index >= 15 is 0 Å². The van der Waals surface area contributed by atoms with Crippen LogP contribution in [0.5, 0.6) is 0 Å². The van der Waals surface area contributed by atoms with Crippen LogP contribution >= 0.6 is 0 Å². The van der Waals surface area contributed by atoms with Crippen LogP contribution in [0.1, 0.15) is 116 Å². The van der Waals surface area contributed by atoms with Crippen molar-refractivity contribution in [1.29, 1.82) is 0 Å². The summed E-state index contributed by atoms with van der Waals surface area (Å²) in [5, 5.41) is 22.1. The monoisotopic (exact) mass is 735 g/mol. The SMILES string of the molecule is CCC[C@H](NC(=O)[C@@H]1[C@H]2CCC[C@H]2CN1C(=O)C(NC(=O)C(N[C@@H](c1cnccn1)C(F)(F)F)C1CCCCC1)C(C)(C)C)C(O)C(=O)NC1CC1. The molecule has 0 bridgehead atoms. The van der Waals surface area contributed by atoms with Crippen molar-refractivity contribution in [3.05, 3.63) is 24.3 Å². The quantitative estimate of drug-likeness (QED) is 0.193. The number of carbonyl (C=O) groups excluding carboxylic acids is 4. The van der Waals surface area contributed by atoms with E-state index in [1.807, 2.05) is 6.92 Å². The lowest BCUT2D eigenvalue weighted by Crippen LogP contribution is -2.62. The van der Waals surface area contributed by atoms with Crippen LogP contribution in [-0.4, -0.2) is 92.6 Å². The van der Waals surface area contributed by atoms with Crippen LogP contribution in [0.4, 0.5) is 13.2 Å². The molecule has 0 aromatic carbocycles. The van der Waals surface area contributed by atoms with E-state index in [4.69, 9.17) is 0 Å². The molecule has 1 aromatic rings. The number of amides is 4. The molecule has 4 fully saturated rings. The van der Waals surface area contributed by atoms with Crippen LogP contribution in [0.3, 0.4) is 0 Å². The summed E-state index contributed by atoms with van der Waals surface area (Å²) in [7, 11) is 0. The molecule has 4 amide bonds. The fraction of sp³-hybridized carbons (Fsp3) is 0.784. The number of fused-ring (bicyclic) bond motifs is 1. The van der Waals surface area contributed by atoms with E-state index < -0.39 is 77.5 Å².